The lowest BCUT2D eigenvalue weighted by molar-refractivity contribution is -0.136. The first-order valence-corrected chi connectivity index (χ1v) is 9.82. The van der Waals surface area contributed by atoms with Crippen molar-refractivity contribution in [3.8, 4) is 0 Å². The van der Waals surface area contributed by atoms with Gasteiger partial charge in [0.05, 0.1) is 30.3 Å². The Bertz CT molecular complexity index is 820. The van der Waals surface area contributed by atoms with Gasteiger partial charge in [-0.25, -0.2) is 19.0 Å². The van der Waals surface area contributed by atoms with Crippen molar-refractivity contribution in [1.29, 1.82) is 0 Å². The molecule has 0 aromatic heterocycles. The SMILES string of the molecule is CC(=S)NC[C@H]1CN(c2cc(F)c(N3CCNN(C(=O)CO)CC3)c(F)c2)C(=O)O1. The summed E-state index contributed by atoms with van der Waals surface area (Å²) in [4.78, 5) is 27.0. The first-order chi connectivity index (χ1) is 14.3. The molecule has 2 aliphatic rings. The summed E-state index contributed by atoms with van der Waals surface area (Å²) in [6.45, 7) is 2.32. The summed E-state index contributed by atoms with van der Waals surface area (Å²) in [5.74, 6) is -2.17. The van der Waals surface area contributed by atoms with E-state index in [0.717, 1.165) is 12.1 Å². The van der Waals surface area contributed by atoms with Crippen molar-refractivity contribution in [1.82, 2.24) is 15.8 Å². The highest BCUT2D eigenvalue weighted by Crippen LogP contribution is 2.31. The average Bonchev–Trinajstić information content (AvgIpc) is 2.90. The van der Waals surface area contributed by atoms with Crippen LogP contribution < -0.4 is 20.5 Å². The number of aliphatic hydroxyl groups is 1. The van der Waals surface area contributed by atoms with E-state index < -0.39 is 36.3 Å². The Morgan fingerprint density at radius 2 is 2.03 bits per heavy atom. The summed E-state index contributed by atoms with van der Waals surface area (Å²) >= 11 is 4.92. The van der Waals surface area contributed by atoms with Gasteiger partial charge in [-0.05, 0) is 6.92 Å². The van der Waals surface area contributed by atoms with Gasteiger partial charge in [0.1, 0.15) is 18.4 Å². The van der Waals surface area contributed by atoms with E-state index in [0.29, 0.717) is 11.5 Å². The monoisotopic (exact) mass is 443 g/mol. The molecule has 9 nitrogen and oxygen atoms in total. The van der Waals surface area contributed by atoms with Gasteiger partial charge in [-0.3, -0.25) is 14.7 Å². The van der Waals surface area contributed by atoms with E-state index in [2.05, 4.69) is 10.7 Å². The largest absolute Gasteiger partial charge is 0.442 e. The zero-order chi connectivity index (χ0) is 21.8. The fourth-order valence-electron chi connectivity index (χ4n) is 3.36. The average molecular weight is 443 g/mol. The third kappa shape index (κ3) is 4.94. The molecule has 12 heteroatoms. The number of cyclic esters (lactones) is 1. The summed E-state index contributed by atoms with van der Waals surface area (Å²) in [5.41, 5.74) is 2.64. The van der Waals surface area contributed by atoms with Crippen LogP contribution in [0.15, 0.2) is 12.1 Å². The number of carbonyl (C=O) groups is 2. The standard InChI is InChI=1S/C18H23F2N5O4S/c1-11(30)21-8-13-9-24(18(28)29-13)12-6-14(19)17(15(20)7-12)23-3-2-22-25(5-4-23)16(27)10-26/h6-7,13,22,26H,2-5,8-10H2,1H3,(H,21,30)/t13-/m0/s1. The minimum Gasteiger partial charge on any atom is -0.442 e. The van der Waals surface area contributed by atoms with E-state index in [4.69, 9.17) is 22.1 Å². The number of amides is 2. The molecule has 1 atom stereocenters. The number of rotatable bonds is 5. The molecule has 0 spiro atoms. The molecular formula is C18H23F2N5O4S. The first-order valence-electron chi connectivity index (χ1n) is 9.41. The molecule has 1 aromatic carbocycles. The molecule has 0 radical (unpaired) electrons. The van der Waals surface area contributed by atoms with E-state index in [-0.39, 0.29) is 44.1 Å². The lowest BCUT2D eigenvalue weighted by Gasteiger charge is -2.25. The van der Waals surface area contributed by atoms with Crippen molar-refractivity contribution < 1.29 is 28.2 Å². The summed E-state index contributed by atoms with van der Waals surface area (Å²) in [7, 11) is 0. The van der Waals surface area contributed by atoms with E-state index in [1.165, 1.54) is 14.8 Å². The van der Waals surface area contributed by atoms with Crippen LogP contribution in [0.4, 0.5) is 25.0 Å². The molecule has 2 saturated heterocycles. The zero-order valence-corrected chi connectivity index (χ0v) is 17.2. The quantitative estimate of drug-likeness (QED) is 0.562. The number of anilines is 2. The van der Waals surface area contributed by atoms with Gasteiger partial charge in [-0.15, -0.1) is 0 Å². The molecule has 2 heterocycles. The highest BCUT2D eigenvalue weighted by molar-refractivity contribution is 7.80. The molecule has 30 heavy (non-hydrogen) atoms. The van der Waals surface area contributed by atoms with Crippen LogP contribution in [0.2, 0.25) is 0 Å². The topological polar surface area (TPSA) is 97.4 Å². The number of nitrogens with one attached hydrogen (secondary N) is 2. The molecule has 0 aliphatic carbocycles. The molecule has 0 saturated carbocycles. The highest BCUT2D eigenvalue weighted by Gasteiger charge is 2.33. The van der Waals surface area contributed by atoms with Gasteiger partial charge in [0.15, 0.2) is 11.6 Å². The number of nitrogens with zero attached hydrogens (tertiary/aromatic N) is 3. The lowest BCUT2D eigenvalue weighted by atomic mass is 10.2. The van der Waals surface area contributed by atoms with Crippen LogP contribution in [0.5, 0.6) is 0 Å². The van der Waals surface area contributed by atoms with Crippen molar-refractivity contribution in [2.24, 2.45) is 0 Å². The highest BCUT2D eigenvalue weighted by atomic mass is 32.1. The maximum absolute atomic E-state index is 14.9. The third-order valence-electron chi connectivity index (χ3n) is 4.80. The number of carbonyl (C=O) groups excluding carboxylic acids is 2. The fraction of sp³-hybridized carbons (Fsp3) is 0.500. The van der Waals surface area contributed by atoms with Crippen LogP contribution in [0.3, 0.4) is 0 Å². The van der Waals surface area contributed by atoms with Gasteiger partial charge in [0.25, 0.3) is 5.91 Å². The van der Waals surface area contributed by atoms with Crippen molar-refractivity contribution in [2.45, 2.75) is 13.0 Å². The number of aliphatic hydroxyl groups excluding tert-OH is 1. The molecule has 0 bridgehead atoms. The second kappa shape index (κ2) is 9.49. The molecule has 2 fully saturated rings. The number of halogens is 2. The van der Waals surface area contributed by atoms with Crippen LogP contribution in [0, 0.1) is 11.6 Å². The van der Waals surface area contributed by atoms with Gasteiger partial charge < -0.3 is 20.1 Å². The summed E-state index contributed by atoms with van der Waals surface area (Å²) in [6, 6.07) is 2.18. The Kier molecular flexibility index (Phi) is 7.00. The first kappa shape index (κ1) is 22.1. The summed E-state index contributed by atoms with van der Waals surface area (Å²) in [6.07, 6.45) is -1.18. The second-order valence-corrected chi connectivity index (χ2v) is 7.52. The predicted molar refractivity (Wildman–Crippen MR) is 109 cm³/mol. The van der Waals surface area contributed by atoms with Gasteiger partial charge >= 0.3 is 6.09 Å². The van der Waals surface area contributed by atoms with Crippen molar-refractivity contribution in [2.75, 3.05) is 55.7 Å². The van der Waals surface area contributed by atoms with Crippen molar-refractivity contribution >= 4 is 40.6 Å². The predicted octanol–water partition coefficient (Wildman–Crippen LogP) is 0.372. The van der Waals surface area contributed by atoms with Gasteiger partial charge in [-0.1, -0.05) is 12.2 Å². The van der Waals surface area contributed by atoms with Crippen LogP contribution in [0.25, 0.3) is 0 Å². The smallest absolute Gasteiger partial charge is 0.414 e. The minimum absolute atomic E-state index is 0.0605. The number of ether oxygens (including phenoxy) is 1. The molecular weight excluding hydrogens is 420 g/mol. The lowest BCUT2D eigenvalue weighted by Crippen LogP contribution is -2.45. The zero-order valence-electron chi connectivity index (χ0n) is 16.4. The van der Waals surface area contributed by atoms with Gasteiger partial charge in [-0.2, -0.15) is 0 Å². The van der Waals surface area contributed by atoms with E-state index in [9.17, 15) is 18.4 Å². The Hall–Kier alpha value is -2.57. The molecule has 0 unspecified atom stereocenters. The van der Waals surface area contributed by atoms with Crippen LogP contribution in [0.1, 0.15) is 6.92 Å². The van der Waals surface area contributed by atoms with Crippen molar-refractivity contribution in [3.05, 3.63) is 23.8 Å². The van der Waals surface area contributed by atoms with E-state index >= 15 is 0 Å². The Morgan fingerprint density at radius 3 is 2.67 bits per heavy atom. The number of hydrogen-bond donors (Lipinski definition) is 3. The maximum Gasteiger partial charge on any atom is 0.414 e. The second-order valence-electron chi connectivity index (χ2n) is 6.91. The van der Waals surface area contributed by atoms with Crippen LogP contribution >= 0.6 is 12.2 Å². The Balaban J connectivity index is 1.73. The number of benzene rings is 1. The molecule has 3 rings (SSSR count). The summed E-state index contributed by atoms with van der Waals surface area (Å²) in [5, 5.41) is 13.1. The maximum atomic E-state index is 14.9. The Morgan fingerprint density at radius 1 is 1.33 bits per heavy atom. The molecule has 1 aromatic rings. The number of hydrazine groups is 1. The van der Waals surface area contributed by atoms with Crippen molar-refractivity contribution in [3.63, 3.8) is 0 Å². The number of hydrogen-bond acceptors (Lipinski definition) is 7. The van der Waals surface area contributed by atoms with Gasteiger partial charge in [0.2, 0.25) is 0 Å². The summed E-state index contributed by atoms with van der Waals surface area (Å²) < 4.78 is 34.9. The van der Waals surface area contributed by atoms with Crippen LogP contribution in [-0.2, 0) is 9.53 Å². The van der Waals surface area contributed by atoms with Gasteiger partial charge in [0, 0.05) is 31.8 Å². The third-order valence-corrected chi connectivity index (χ3v) is 4.94. The van der Waals surface area contributed by atoms with E-state index in [1.54, 1.807) is 6.92 Å². The van der Waals surface area contributed by atoms with Crippen LogP contribution in [-0.4, -0.2) is 79.1 Å². The minimum atomic E-state index is -0.823. The number of thiocarbonyl (C=S) groups is 1. The molecule has 3 N–H and O–H groups in total. The normalized spacial score (nSPS) is 19.5. The molecule has 164 valence electrons. The van der Waals surface area contributed by atoms with E-state index in [1.807, 2.05) is 0 Å². The molecule has 2 amide bonds. The fourth-order valence-corrected chi connectivity index (χ4v) is 3.44. The Labute approximate surface area is 177 Å². The molecule has 2 aliphatic heterocycles.